The van der Waals surface area contributed by atoms with Gasteiger partial charge < -0.3 is 20.3 Å². The van der Waals surface area contributed by atoms with E-state index in [1.807, 2.05) is 0 Å². The van der Waals surface area contributed by atoms with Gasteiger partial charge in [0.1, 0.15) is 12.3 Å². The quantitative estimate of drug-likeness (QED) is 0.606. The standard InChI is InChI=1S/C25H25N5O5/c26-23(32)22-16-8-2-3-9-17(16)24(33)30(27-22)15-21(31)29-14-20(25(34)28-12-6-1-7-13-28)35-19-11-5-4-10-18(19)29/h2-5,8-11,20H,1,6-7,12-15H2,(H2,26,32)/t20-/m0/s1. The molecule has 2 aromatic carbocycles. The fourth-order valence-corrected chi connectivity index (χ4v) is 4.65. The molecule has 3 amide bonds. The molecule has 0 unspecified atom stereocenters. The van der Waals surface area contributed by atoms with Crippen molar-refractivity contribution in [1.82, 2.24) is 14.7 Å². The molecule has 1 saturated heterocycles. The molecule has 3 aromatic rings. The van der Waals surface area contributed by atoms with Crippen LogP contribution in [0.1, 0.15) is 29.8 Å². The first-order valence-corrected chi connectivity index (χ1v) is 11.6. The summed E-state index contributed by atoms with van der Waals surface area (Å²) in [6.07, 6.45) is 2.12. The second kappa shape index (κ2) is 9.21. The lowest BCUT2D eigenvalue weighted by Crippen LogP contribution is -2.53. The Morgan fingerprint density at radius 3 is 2.40 bits per heavy atom. The van der Waals surface area contributed by atoms with E-state index in [0.717, 1.165) is 23.9 Å². The Morgan fingerprint density at radius 1 is 0.971 bits per heavy atom. The second-order valence-electron chi connectivity index (χ2n) is 8.69. The first-order chi connectivity index (χ1) is 16.9. The highest BCUT2D eigenvalue weighted by atomic mass is 16.5. The predicted octanol–water partition coefficient (Wildman–Crippen LogP) is 1.30. The van der Waals surface area contributed by atoms with Crippen molar-refractivity contribution < 1.29 is 19.1 Å². The number of anilines is 1. The number of nitrogens with two attached hydrogens (primary N) is 1. The molecular weight excluding hydrogens is 450 g/mol. The summed E-state index contributed by atoms with van der Waals surface area (Å²) in [5.41, 5.74) is 5.39. The SMILES string of the molecule is NC(=O)c1nn(CC(=O)N2C[C@@H](C(=O)N3CCCCC3)Oc3ccccc32)c(=O)c2ccccc12. The third-order valence-corrected chi connectivity index (χ3v) is 6.40. The van der Waals surface area contributed by atoms with Crippen LogP contribution in [-0.4, -0.2) is 58.1 Å². The number of carbonyl (C=O) groups is 3. The summed E-state index contributed by atoms with van der Waals surface area (Å²) in [6, 6.07) is 13.4. The zero-order chi connectivity index (χ0) is 24.5. The van der Waals surface area contributed by atoms with Crippen LogP contribution in [0.15, 0.2) is 53.3 Å². The fourth-order valence-electron chi connectivity index (χ4n) is 4.65. The van der Waals surface area contributed by atoms with Crippen LogP contribution in [0.25, 0.3) is 10.8 Å². The lowest BCUT2D eigenvalue weighted by molar-refractivity contribution is -0.139. The van der Waals surface area contributed by atoms with E-state index >= 15 is 0 Å². The van der Waals surface area contributed by atoms with E-state index in [9.17, 15) is 19.2 Å². The molecule has 10 nitrogen and oxygen atoms in total. The molecule has 2 N–H and O–H groups in total. The van der Waals surface area contributed by atoms with E-state index in [0.29, 0.717) is 29.9 Å². The average molecular weight is 476 g/mol. The number of ether oxygens (including phenoxy) is 1. The number of aromatic nitrogens is 2. The molecule has 2 aliphatic heterocycles. The van der Waals surface area contributed by atoms with Crippen molar-refractivity contribution in [2.45, 2.75) is 31.9 Å². The maximum absolute atomic E-state index is 13.5. The Morgan fingerprint density at radius 2 is 1.66 bits per heavy atom. The van der Waals surface area contributed by atoms with E-state index < -0.39 is 30.0 Å². The molecule has 3 heterocycles. The number of primary amides is 1. The molecule has 1 fully saturated rings. The lowest BCUT2D eigenvalue weighted by Gasteiger charge is -2.37. The summed E-state index contributed by atoms with van der Waals surface area (Å²) in [7, 11) is 0. The Hall–Kier alpha value is -4.21. The van der Waals surface area contributed by atoms with Gasteiger partial charge >= 0.3 is 0 Å². The predicted molar refractivity (Wildman–Crippen MR) is 128 cm³/mol. The topological polar surface area (TPSA) is 128 Å². The number of piperidine rings is 1. The van der Waals surface area contributed by atoms with Gasteiger partial charge in [-0.3, -0.25) is 19.2 Å². The molecule has 0 saturated carbocycles. The zero-order valence-corrected chi connectivity index (χ0v) is 19.1. The maximum Gasteiger partial charge on any atom is 0.275 e. The van der Waals surface area contributed by atoms with E-state index in [4.69, 9.17) is 10.5 Å². The molecule has 1 atom stereocenters. The van der Waals surface area contributed by atoms with Crippen LogP contribution in [0.5, 0.6) is 5.75 Å². The van der Waals surface area contributed by atoms with Gasteiger partial charge in [0.05, 0.1) is 17.6 Å². The number of para-hydroxylation sites is 2. The van der Waals surface area contributed by atoms with Gasteiger partial charge in [-0.15, -0.1) is 0 Å². The number of benzene rings is 2. The number of rotatable bonds is 4. The van der Waals surface area contributed by atoms with Crippen LogP contribution in [-0.2, 0) is 16.1 Å². The summed E-state index contributed by atoms with van der Waals surface area (Å²) in [6.45, 7) is 0.917. The van der Waals surface area contributed by atoms with Crippen LogP contribution >= 0.6 is 0 Å². The number of carbonyl (C=O) groups excluding carboxylic acids is 3. The third-order valence-electron chi connectivity index (χ3n) is 6.40. The van der Waals surface area contributed by atoms with Crippen molar-refractivity contribution in [2.75, 3.05) is 24.5 Å². The van der Waals surface area contributed by atoms with Gasteiger partial charge in [-0.05, 0) is 37.5 Å². The Kier molecular flexibility index (Phi) is 5.94. The van der Waals surface area contributed by atoms with Gasteiger partial charge in [0.2, 0.25) is 5.91 Å². The van der Waals surface area contributed by atoms with Gasteiger partial charge in [0.25, 0.3) is 17.4 Å². The average Bonchev–Trinajstić information content (AvgIpc) is 2.89. The van der Waals surface area contributed by atoms with Crippen molar-refractivity contribution in [3.8, 4) is 5.75 Å². The highest BCUT2D eigenvalue weighted by Gasteiger charge is 2.36. The first-order valence-electron chi connectivity index (χ1n) is 11.6. The molecule has 180 valence electrons. The molecule has 2 aliphatic rings. The van der Waals surface area contributed by atoms with E-state index in [1.54, 1.807) is 53.4 Å². The van der Waals surface area contributed by atoms with Gasteiger partial charge in [0, 0.05) is 18.5 Å². The van der Waals surface area contributed by atoms with E-state index in [2.05, 4.69) is 5.10 Å². The highest BCUT2D eigenvalue weighted by Crippen LogP contribution is 2.34. The minimum atomic E-state index is -0.852. The summed E-state index contributed by atoms with van der Waals surface area (Å²) < 4.78 is 6.93. The van der Waals surface area contributed by atoms with Crippen LogP contribution < -0.4 is 20.9 Å². The zero-order valence-electron chi connectivity index (χ0n) is 19.1. The molecule has 0 radical (unpaired) electrons. The van der Waals surface area contributed by atoms with Gasteiger partial charge in [-0.1, -0.05) is 30.3 Å². The van der Waals surface area contributed by atoms with Gasteiger partial charge in [-0.25, -0.2) is 4.68 Å². The van der Waals surface area contributed by atoms with Crippen molar-refractivity contribution in [1.29, 1.82) is 0 Å². The second-order valence-corrected chi connectivity index (χ2v) is 8.69. The first kappa shape index (κ1) is 22.6. The fraction of sp³-hybridized carbons (Fsp3) is 0.320. The molecule has 0 bridgehead atoms. The summed E-state index contributed by atoms with van der Waals surface area (Å²) in [5, 5.41) is 4.67. The van der Waals surface area contributed by atoms with Gasteiger partial charge in [-0.2, -0.15) is 5.10 Å². The van der Waals surface area contributed by atoms with E-state index in [1.165, 1.54) is 4.90 Å². The largest absolute Gasteiger partial charge is 0.476 e. The van der Waals surface area contributed by atoms with Crippen LogP contribution in [0.2, 0.25) is 0 Å². The summed E-state index contributed by atoms with van der Waals surface area (Å²) in [5.74, 6) is -1.00. The molecule has 0 spiro atoms. The monoisotopic (exact) mass is 475 g/mol. The number of likely N-dealkylation sites (tertiary alicyclic amines) is 1. The Bertz CT molecular complexity index is 1380. The maximum atomic E-state index is 13.5. The van der Waals surface area contributed by atoms with Gasteiger partial charge in [0.15, 0.2) is 11.8 Å². The lowest BCUT2D eigenvalue weighted by atomic mass is 10.1. The van der Waals surface area contributed by atoms with E-state index in [-0.39, 0.29) is 23.5 Å². The summed E-state index contributed by atoms with van der Waals surface area (Å²) in [4.78, 5) is 54.9. The Balaban J connectivity index is 1.47. The molecule has 10 heteroatoms. The Labute approximate surface area is 200 Å². The van der Waals surface area contributed by atoms with Crippen molar-refractivity contribution in [2.24, 2.45) is 5.73 Å². The number of hydrogen-bond donors (Lipinski definition) is 1. The highest BCUT2D eigenvalue weighted by molar-refractivity contribution is 6.04. The molecule has 5 rings (SSSR count). The van der Waals surface area contributed by atoms with Crippen molar-refractivity contribution in [3.05, 3.63) is 64.6 Å². The minimum Gasteiger partial charge on any atom is -0.476 e. The van der Waals surface area contributed by atoms with Crippen molar-refractivity contribution in [3.63, 3.8) is 0 Å². The van der Waals surface area contributed by atoms with Crippen LogP contribution in [0, 0.1) is 0 Å². The molecule has 1 aromatic heterocycles. The smallest absolute Gasteiger partial charge is 0.275 e. The number of amides is 3. The van der Waals surface area contributed by atoms with Crippen LogP contribution in [0.4, 0.5) is 5.69 Å². The van der Waals surface area contributed by atoms with Crippen molar-refractivity contribution >= 4 is 34.2 Å². The number of nitrogens with zero attached hydrogens (tertiary/aromatic N) is 4. The van der Waals surface area contributed by atoms with Crippen LogP contribution in [0.3, 0.4) is 0 Å². The molecule has 35 heavy (non-hydrogen) atoms. The minimum absolute atomic E-state index is 0.0101. The third kappa shape index (κ3) is 4.23. The normalized spacial score (nSPS) is 17.5. The number of fused-ring (bicyclic) bond motifs is 2. The summed E-state index contributed by atoms with van der Waals surface area (Å²) >= 11 is 0. The number of hydrogen-bond acceptors (Lipinski definition) is 6. The molecular formula is C25H25N5O5. The molecule has 0 aliphatic carbocycles.